The fourth-order valence-corrected chi connectivity index (χ4v) is 4.03. The second-order valence-electron chi connectivity index (χ2n) is 9.46. The number of allylic oxidation sites excluding steroid dienone is 2. The molecule has 2 aromatic rings. The van der Waals surface area contributed by atoms with Crippen molar-refractivity contribution in [2.24, 2.45) is 5.92 Å². The van der Waals surface area contributed by atoms with Gasteiger partial charge in [0, 0.05) is 23.1 Å². The predicted molar refractivity (Wildman–Crippen MR) is 127 cm³/mol. The Hall–Kier alpha value is -3.22. The number of carbonyl (C=O) groups excluding carboxylic acids is 2. The lowest BCUT2D eigenvalue weighted by Crippen LogP contribution is -2.50. The number of anilines is 1. The highest BCUT2D eigenvalue weighted by atomic mass is 19.1. The van der Waals surface area contributed by atoms with Crippen molar-refractivity contribution in [1.29, 1.82) is 0 Å². The smallest absolute Gasteiger partial charge is 0.408 e. The molecule has 0 bridgehead atoms. The van der Waals surface area contributed by atoms with Crippen molar-refractivity contribution in [1.82, 2.24) is 10.3 Å². The van der Waals surface area contributed by atoms with E-state index < -0.39 is 17.7 Å². The van der Waals surface area contributed by atoms with Gasteiger partial charge < -0.3 is 15.4 Å². The molecule has 0 fully saturated rings. The molecule has 0 aliphatic heterocycles. The van der Waals surface area contributed by atoms with Crippen molar-refractivity contribution >= 4 is 17.7 Å². The van der Waals surface area contributed by atoms with Crippen molar-refractivity contribution in [3.63, 3.8) is 0 Å². The van der Waals surface area contributed by atoms with Gasteiger partial charge in [-0.2, -0.15) is 0 Å². The molecule has 176 valence electrons. The van der Waals surface area contributed by atoms with E-state index >= 15 is 0 Å². The second kappa shape index (κ2) is 10.1. The maximum Gasteiger partial charge on any atom is 0.408 e. The molecule has 0 spiro atoms. The number of halogens is 1. The second-order valence-corrected chi connectivity index (χ2v) is 9.46. The lowest BCUT2D eigenvalue weighted by molar-refractivity contribution is -0.119. The molecule has 0 saturated carbocycles. The van der Waals surface area contributed by atoms with Crippen LogP contribution in [0.25, 0.3) is 11.1 Å². The molecule has 6 nitrogen and oxygen atoms in total. The summed E-state index contributed by atoms with van der Waals surface area (Å²) in [4.78, 5) is 29.9. The highest BCUT2D eigenvalue weighted by Gasteiger charge is 2.32. The number of nitrogens with one attached hydrogen (secondary N) is 2. The first-order valence-corrected chi connectivity index (χ1v) is 11.2. The molecule has 0 saturated heterocycles. The first-order valence-electron chi connectivity index (χ1n) is 11.2. The standard InChI is InChI=1S/C26H32FN3O3/c1-16-14-15-28-17(2)22(16)18-8-12-21(13-9-18)29-24(31)23(19-6-10-20(27)11-7-19)30-25(32)33-26(3,4)5/h8-10,12-15,19,23H,6-7,11H2,1-5H3,(H,29,31)(H,30,32)/t19?,23-/m0/s1. The molecular formula is C26H32FN3O3. The zero-order chi connectivity index (χ0) is 24.2. The molecule has 3 rings (SSSR count). The lowest BCUT2D eigenvalue weighted by Gasteiger charge is -2.29. The van der Waals surface area contributed by atoms with Crippen molar-refractivity contribution in [2.75, 3.05) is 5.32 Å². The highest BCUT2D eigenvalue weighted by Crippen LogP contribution is 2.29. The minimum atomic E-state index is -0.841. The molecule has 2 amide bonds. The van der Waals surface area contributed by atoms with Gasteiger partial charge in [-0.3, -0.25) is 9.78 Å². The van der Waals surface area contributed by atoms with Crippen LogP contribution in [-0.2, 0) is 9.53 Å². The summed E-state index contributed by atoms with van der Waals surface area (Å²) in [6.45, 7) is 9.27. The van der Waals surface area contributed by atoms with Crippen LogP contribution in [0.2, 0.25) is 0 Å². The zero-order valence-electron chi connectivity index (χ0n) is 19.9. The Kier molecular flexibility index (Phi) is 7.51. The van der Waals surface area contributed by atoms with E-state index in [1.807, 2.05) is 44.2 Å². The average Bonchev–Trinajstić information content (AvgIpc) is 2.72. The van der Waals surface area contributed by atoms with Crippen LogP contribution in [-0.4, -0.2) is 28.6 Å². The van der Waals surface area contributed by atoms with Crippen LogP contribution >= 0.6 is 0 Å². The molecule has 1 heterocycles. The summed E-state index contributed by atoms with van der Waals surface area (Å²) in [7, 11) is 0. The number of aryl methyl sites for hydroxylation is 2. The molecular weight excluding hydrogens is 421 g/mol. The summed E-state index contributed by atoms with van der Waals surface area (Å²) in [6.07, 6.45) is 3.69. The van der Waals surface area contributed by atoms with Crippen molar-refractivity contribution in [2.45, 2.75) is 65.5 Å². The molecule has 1 aromatic heterocycles. The summed E-state index contributed by atoms with van der Waals surface area (Å²) < 4.78 is 18.9. The van der Waals surface area contributed by atoms with Crippen LogP contribution in [0, 0.1) is 19.8 Å². The van der Waals surface area contributed by atoms with Crippen LogP contribution in [0.3, 0.4) is 0 Å². The van der Waals surface area contributed by atoms with Crippen molar-refractivity contribution in [3.8, 4) is 11.1 Å². The Labute approximate surface area is 194 Å². The number of amides is 2. The first-order chi connectivity index (χ1) is 15.5. The number of carbonyl (C=O) groups is 2. The number of rotatable bonds is 5. The summed E-state index contributed by atoms with van der Waals surface area (Å²) >= 11 is 0. The quantitative estimate of drug-likeness (QED) is 0.595. The molecule has 2 atom stereocenters. The van der Waals surface area contributed by atoms with Gasteiger partial charge in [0.25, 0.3) is 0 Å². The summed E-state index contributed by atoms with van der Waals surface area (Å²) in [5.41, 5.74) is 4.05. The minimum absolute atomic E-state index is 0.181. The highest BCUT2D eigenvalue weighted by molar-refractivity contribution is 5.97. The Balaban J connectivity index is 1.76. The van der Waals surface area contributed by atoms with Crippen LogP contribution < -0.4 is 10.6 Å². The lowest BCUT2D eigenvalue weighted by atomic mass is 9.86. The molecule has 7 heteroatoms. The monoisotopic (exact) mass is 453 g/mol. The third-order valence-corrected chi connectivity index (χ3v) is 5.61. The fraction of sp³-hybridized carbons (Fsp3) is 0.423. The van der Waals surface area contributed by atoms with Gasteiger partial charge in [-0.15, -0.1) is 0 Å². The SMILES string of the molecule is Cc1ccnc(C)c1-c1ccc(NC(=O)[C@@H](NC(=O)OC(C)(C)C)C2CC=C(F)CC2)cc1. The fourth-order valence-electron chi connectivity index (χ4n) is 4.03. The van der Waals surface area contributed by atoms with Crippen LogP contribution in [0.5, 0.6) is 0 Å². The Morgan fingerprint density at radius 3 is 2.42 bits per heavy atom. The average molecular weight is 454 g/mol. The molecule has 1 aromatic carbocycles. The van der Waals surface area contributed by atoms with Crippen molar-refractivity contribution < 1.29 is 18.7 Å². The van der Waals surface area contributed by atoms with E-state index in [1.165, 1.54) is 6.08 Å². The van der Waals surface area contributed by atoms with E-state index in [0.29, 0.717) is 18.5 Å². The number of nitrogens with zero attached hydrogens (tertiary/aromatic N) is 1. The van der Waals surface area contributed by atoms with Crippen molar-refractivity contribution in [3.05, 3.63) is 59.7 Å². The van der Waals surface area contributed by atoms with Gasteiger partial charge in [0.15, 0.2) is 0 Å². The third kappa shape index (κ3) is 6.63. The number of benzene rings is 1. The molecule has 1 unspecified atom stereocenters. The maximum atomic E-state index is 13.5. The van der Waals surface area contributed by atoms with Gasteiger partial charge in [-0.05, 0) is 89.1 Å². The maximum absolute atomic E-state index is 13.5. The number of hydrogen-bond acceptors (Lipinski definition) is 4. The Morgan fingerprint density at radius 2 is 1.85 bits per heavy atom. The zero-order valence-corrected chi connectivity index (χ0v) is 19.9. The van der Waals surface area contributed by atoms with Gasteiger partial charge >= 0.3 is 6.09 Å². The molecule has 1 aliphatic rings. The Morgan fingerprint density at radius 1 is 1.15 bits per heavy atom. The molecule has 33 heavy (non-hydrogen) atoms. The Bertz CT molecular complexity index is 1020. The molecule has 2 N–H and O–H groups in total. The minimum Gasteiger partial charge on any atom is -0.444 e. The largest absolute Gasteiger partial charge is 0.444 e. The van der Waals surface area contributed by atoms with E-state index in [4.69, 9.17) is 4.74 Å². The number of pyridine rings is 1. The van der Waals surface area contributed by atoms with E-state index in [0.717, 1.165) is 22.4 Å². The van der Waals surface area contributed by atoms with Gasteiger partial charge in [0.2, 0.25) is 5.91 Å². The van der Waals surface area contributed by atoms with E-state index in [2.05, 4.69) is 15.6 Å². The predicted octanol–water partition coefficient (Wildman–Crippen LogP) is 5.85. The van der Waals surface area contributed by atoms with Gasteiger partial charge in [0.1, 0.15) is 11.6 Å². The first kappa shape index (κ1) is 24.4. The van der Waals surface area contributed by atoms with Gasteiger partial charge in [0.05, 0.1) is 5.83 Å². The number of hydrogen-bond donors (Lipinski definition) is 2. The number of ether oxygens (including phenoxy) is 1. The number of aromatic nitrogens is 1. The summed E-state index contributed by atoms with van der Waals surface area (Å²) in [5.74, 6) is -0.765. The third-order valence-electron chi connectivity index (χ3n) is 5.61. The summed E-state index contributed by atoms with van der Waals surface area (Å²) in [6, 6.07) is 8.64. The molecule has 0 radical (unpaired) electrons. The normalized spacial score (nSPS) is 17.0. The van der Waals surface area contributed by atoms with E-state index in [9.17, 15) is 14.0 Å². The van der Waals surface area contributed by atoms with E-state index in [1.54, 1.807) is 27.0 Å². The van der Waals surface area contributed by atoms with Crippen LogP contribution in [0.15, 0.2) is 48.4 Å². The van der Waals surface area contributed by atoms with Crippen LogP contribution in [0.1, 0.15) is 51.3 Å². The summed E-state index contributed by atoms with van der Waals surface area (Å²) in [5, 5.41) is 5.58. The topological polar surface area (TPSA) is 80.3 Å². The molecule has 1 aliphatic carbocycles. The van der Waals surface area contributed by atoms with E-state index in [-0.39, 0.29) is 24.1 Å². The van der Waals surface area contributed by atoms with Gasteiger partial charge in [-0.1, -0.05) is 18.2 Å². The van der Waals surface area contributed by atoms with Crippen LogP contribution in [0.4, 0.5) is 14.9 Å². The van der Waals surface area contributed by atoms with Gasteiger partial charge in [-0.25, -0.2) is 9.18 Å². The number of alkyl carbamates (subject to hydrolysis) is 1.